The highest BCUT2D eigenvalue weighted by molar-refractivity contribution is 5.56. The smallest absolute Gasteiger partial charge is 0.267 e. The van der Waals surface area contributed by atoms with Gasteiger partial charge in [0.1, 0.15) is 18.2 Å². The molecular weight excluding hydrogens is 372 g/mol. The summed E-state index contributed by atoms with van der Waals surface area (Å²) in [5, 5.41) is 12.2. The molecule has 4 aromatic heterocycles. The second-order valence-electron chi connectivity index (χ2n) is 6.85. The van der Waals surface area contributed by atoms with Crippen LogP contribution in [0, 0.1) is 6.92 Å². The number of hydrogen-bond acceptors (Lipinski definition) is 8. The van der Waals surface area contributed by atoms with E-state index in [-0.39, 0.29) is 17.6 Å². The van der Waals surface area contributed by atoms with Crippen LogP contribution in [-0.4, -0.2) is 53.6 Å². The molecule has 0 saturated carbocycles. The van der Waals surface area contributed by atoms with E-state index in [0.29, 0.717) is 24.7 Å². The zero-order chi connectivity index (χ0) is 19.8. The molecule has 146 valence electrons. The van der Waals surface area contributed by atoms with Crippen LogP contribution < -0.4 is 10.9 Å². The number of aromatic nitrogens is 7. The van der Waals surface area contributed by atoms with Crippen molar-refractivity contribution >= 4 is 11.6 Å². The molecule has 1 fully saturated rings. The van der Waals surface area contributed by atoms with Gasteiger partial charge in [0.05, 0.1) is 24.9 Å². The van der Waals surface area contributed by atoms with Crippen molar-refractivity contribution in [2.75, 3.05) is 18.5 Å². The predicted molar refractivity (Wildman–Crippen MR) is 105 cm³/mol. The van der Waals surface area contributed by atoms with Crippen LogP contribution in [0.3, 0.4) is 0 Å². The molecule has 5 rings (SSSR count). The van der Waals surface area contributed by atoms with Gasteiger partial charge in [-0.05, 0) is 25.1 Å². The van der Waals surface area contributed by atoms with Crippen molar-refractivity contribution in [3.8, 4) is 11.3 Å². The Kier molecular flexibility index (Phi) is 4.24. The van der Waals surface area contributed by atoms with Crippen LogP contribution in [0.4, 0.5) is 5.82 Å². The summed E-state index contributed by atoms with van der Waals surface area (Å²) in [5.41, 5.74) is 2.16. The zero-order valence-corrected chi connectivity index (χ0v) is 15.6. The van der Waals surface area contributed by atoms with Crippen LogP contribution in [0.1, 0.15) is 11.7 Å². The van der Waals surface area contributed by atoms with Gasteiger partial charge in [-0.2, -0.15) is 19.7 Å². The number of pyridine rings is 1. The number of fused-ring (bicyclic) bond motifs is 1. The minimum atomic E-state index is -0.272. The van der Waals surface area contributed by atoms with Gasteiger partial charge < -0.3 is 10.1 Å². The van der Waals surface area contributed by atoms with E-state index in [4.69, 9.17) is 4.74 Å². The van der Waals surface area contributed by atoms with Crippen molar-refractivity contribution < 1.29 is 4.74 Å². The summed E-state index contributed by atoms with van der Waals surface area (Å²) in [6.45, 7) is 2.71. The van der Waals surface area contributed by atoms with E-state index in [1.807, 2.05) is 25.1 Å². The zero-order valence-electron chi connectivity index (χ0n) is 15.6. The average molecular weight is 390 g/mol. The molecular formula is C19H18N8O2. The Bertz CT molecular complexity index is 1220. The molecule has 0 spiro atoms. The molecule has 0 aliphatic carbocycles. The summed E-state index contributed by atoms with van der Waals surface area (Å²) in [7, 11) is 0. The number of anilines is 1. The second kappa shape index (κ2) is 7.06. The van der Waals surface area contributed by atoms with Gasteiger partial charge in [-0.25, -0.2) is 9.67 Å². The third-order valence-corrected chi connectivity index (χ3v) is 4.86. The third kappa shape index (κ3) is 3.23. The standard InChI is InChI=1S/C19H18N8O2/c1-12-7-17(27-19(23-12)21-11-22-27)24-15-9-29-10-16(15)26-18(28)5-4-14(25-26)13-3-2-6-20-8-13/h2-8,11,15-16,24H,9-10H2,1H3. The fraction of sp³-hybridized carbons (Fsp3) is 0.263. The summed E-state index contributed by atoms with van der Waals surface area (Å²) in [4.78, 5) is 25.2. The first kappa shape index (κ1) is 17.4. The Morgan fingerprint density at radius 1 is 1.24 bits per heavy atom. The fourth-order valence-electron chi connectivity index (χ4n) is 3.48. The minimum Gasteiger partial charge on any atom is -0.377 e. The number of hydrogen-bond donors (Lipinski definition) is 1. The molecule has 4 aromatic rings. The lowest BCUT2D eigenvalue weighted by molar-refractivity contribution is 0.183. The molecule has 0 aromatic carbocycles. The Morgan fingerprint density at radius 3 is 3.03 bits per heavy atom. The first-order valence-corrected chi connectivity index (χ1v) is 9.21. The minimum absolute atomic E-state index is 0.168. The van der Waals surface area contributed by atoms with Crippen LogP contribution in [0.25, 0.3) is 17.0 Å². The number of nitrogens with zero attached hydrogens (tertiary/aromatic N) is 7. The number of aryl methyl sites for hydroxylation is 1. The van der Waals surface area contributed by atoms with Crippen molar-refractivity contribution in [3.05, 3.63) is 65.1 Å². The molecule has 1 saturated heterocycles. The van der Waals surface area contributed by atoms with E-state index in [2.05, 4.69) is 30.5 Å². The molecule has 2 atom stereocenters. The molecule has 10 heteroatoms. The lowest BCUT2D eigenvalue weighted by Gasteiger charge is -2.22. The van der Waals surface area contributed by atoms with Crippen molar-refractivity contribution in [1.82, 2.24) is 34.3 Å². The highest BCUT2D eigenvalue weighted by Crippen LogP contribution is 2.23. The predicted octanol–water partition coefficient (Wildman–Crippen LogP) is 1.10. The second-order valence-corrected chi connectivity index (χ2v) is 6.85. The lowest BCUT2D eigenvalue weighted by atomic mass is 10.1. The lowest BCUT2D eigenvalue weighted by Crippen LogP contribution is -2.37. The number of nitrogens with one attached hydrogen (secondary N) is 1. The van der Waals surface area contributed by atoms with E-state index < -0.39 is 0 Å². The Hall–Kier alpha value is -3.66. The molecule has 29 heavy (non-hydrogen) atoms. The molecule has 1 aliphatic rings. The maximum atomic E-state index is 12.6. The van der Waals surface area contributed by atoms with Crippen LogP contribution in [0.5, 0.6) is 0 Å². The molecule has 2 unspecified atom stereocenters. The summed E-state index contributed by atoms with van der Waals surface area (Å²) >= 11 is 0. The van der Waals surface area contributed by atoms with Gasteiger partial charge >= 0.3 is 0 Å². The monoisotopic (exact) mass is 390 g/mol. The Labute approximate surface area is 165 Å². The van der Waals surface area contributed by atoms with Crippen molar-refractivity contribution in [2.24, 2.45) is 0 Å². The SMILES string of the molecule is Cc1cc(NC2COCC2n2nc(-c3cccnc3)ccc2=O)n2ncnc2n1. The summed E-state index contributed by atoms with van der Waals surface area (Å²) in [6, 6.07) is 8.43. The van der Waals surface area contributed by atoms with Gasteiger partial charge in [-0.3, -0.25) is 9.78 Å². The Morgan fingerprint density at radius 2 is 2.17 bits per heavy atom. The molecule has 0 amide bonds. The van der Waals surface area contributed by atoms with Gasteiger partial charge in [0.25, 0.3) is 11.3 Å². The first-order chi connectivity index (χ1) is 14.2. The van der Waals surface area contributed by atoms with E-state index in [0.717, 1.165) is 17.1 Å². The van der Waals surface area contributed by atoms with Crippen molar-refractivity contribution in [3.63, 3.8) is 0 Å². The van der Waals surface area contributed by atoms with Crippen molar-refractivity contribution in [1.29, 1.82) is 0 Å². The maximum Gasteiger partial charge on any atom is 0.267 e. The molecule has 5 heterocycles. The van der Waals surface area contributed by atoms with Gasteiger partial charge in [-0.1, -0.05) is 0 Å². The normalized spacial score (nSPS) is 18.9. The van der Waals surface area contributed by atoms with Crippen LogP contribution in [0.15, 0.2) is 53.8 Å². The van der Waals surface area contributed by atoms with E-state index in [1.54, 1.807) is 23.0 Å². The van der Waals surface area contributed by atoms with Crippen LogP contribution in [0.2, 0.25) is 0 Å². The van der Waals surface area contributed by atoms with Crippen LogP contribution >= 0.6 is 0 Å². The van der Waals surface area contributed by atoms with Crippen LogP contribution in [-0.2, 0) is 4.74 Å². The summed E-state index contributed by atoms with van der Waals surface area (Å²) in [6.07, 6.45) is 4.88. The van der Waals surface area contributed by atoms with Gasteiger partial charge in [0.2, 0.25) is 0 Å². The van der Waals surface area contributed by atoms with E-state index in [1.165, 1.54) is 17.1 Å². The van der Waals surface area contributed by atoms with Gasteiger partial charge in [-0.15, -0.1) is 0 Å². The van der Waals surface area contributed by atoms with E-state index >= 15 is 0 Å². The molecule has 1 N–H and O–H groups in total. The van der Waals surface area contributed by atoms with Crippen molar-refractivity contribution in [2.45, 2.75) is 19.0 Å². The van der Waals surface area contributed by atoms with Gasteiger partial charge in [0.15, 0.2) is 0 Å². The molecule has 1 aliphatic heterocycles. The largest absolute Gasteiger partial charge is 0.377 e. The quantitative estimate of drug-likeness (QED) is 0.551. The summed E-state index contributed by atoms with van der Waals surface area (Å²) < 4.78 is 8.80. The maximum absolute atomic E-state index is 12.6. The number of ether oxygens (including phenoxy) is 1. The average Bonchev–Trinajstić information content (AvgIpc) is 3.38. The van der Waals surface area contributed by atoms with Gasteiger partial charge in [0, 0.05) is 35.8 Å². The highest BCUT2D eigenvalue weighted by atomic mass is 16.5. The summed E-state index contributed by atoms with van der Waals surface area (Å²) in [5.74, 6) is 1.25. The molecule has 0 bridgehead atoms. The molecule has 0 radical (unpaired) electrons. The highest BCUT2D eigenvalue weighted by Gasteiger charge is 2.32. The topological polar surface area (TPSA) is 112 Å². The Balaban J connectivity index is 1.50. The fourth-order valence-corrected chi connectivity index (χ4v) is 3.48. The first-order valence-electron chi connectivity index (χ1n) is 9.21. The third-order valence-electron chi connectivity index (χ3n) is 4.86. The van der Waals surface area contributed by atoms with E-state index in [9.17, 15) is 4.79 Å². The molecule has 10 nitrogen and oxygen atoms in total. The number of rotatable bonds is 4.